The van der Waals surface area contributed by atoms with Crippen molar-refractivity contribution in [2.24, 2.45) is 0 Å². The van der Waals surface area contributed by atoms with Crippen molar-refractivity contribution in [3.8, 4) is 55.6 Å². The standard InChI is InChI=1S/C67H52BN/c1-40-18-10-13-23-48(40)47-36-55-51-33-43-21-11-12-22-44(43)34-54(51)64(46-28-30-58-52(35-46)49-24-14-16-26-56(49)66(58,3)4)68-60-38-53-50-25-15-17-27-57(50)67(5,6)59(53)39-62(60)69(63(37-47)65(55)68)61-31-29-45(32-41(61)2)42-19-8-7-9-20-42/h7-39,64H,1-6H3. The van der Waals surface area contributed by atoms with Crippen LogP contribution in [0.15, 0.2) is 200 Å². The lowest BCUT2D eigenvalue weighted by Crippen LogP contribution is -2.56. The average Bonchev–Trinajstić information content (AvgIpc) is 3.74. The molecule has 69 heavy (non-hydrogen) atoms. The van der Waals surface area contributed by atoms with E-state index in [0.717, 1.165) is 0 Å². The van der Waals surface area contributed by atoms with Crippen LogP contribution in [0.4, 0.5) is 17.1 Å². The molecular formula is C67H52BN. The van der Waals surface area contributed by atoms with Crippen LogP contribution in [-0.4, -0.2) is 6.71 Å². The third kappa shape index (κ3) is 5.67. The molecule has 0 N–H and O–H groups in total. The monoisotopic (exact) mass is 881 g/mol. The van der Waals surface area contributed by atoms with Gasteiger partial charge in [-0.25, -0.2) is 0 Å². The van der Waals surface area contributed by atoms with Crippen LogP contribution in [-0.2, 0) is 10.8 Å². The van der Waals surface area contributed by atoms with Crippen LogP contribution in [0.25, 0.3) is 66.4 Å². The second-order valence-electron chi connectivity index (χ2n) is 21.3. The molecule has 0 bridgehead atoms. The molecule has 0 saturated carbocycles. The fourth-order valence-electron chi connectivity index (χ4n) is 13.5. The summed E-state index contributed by atoms with van der Waals surface area (Å²) in [5.74, 6) is 0.0338. The third-order valence-electron chi connectivity index (χ3n) is 16.9. The molecule has 2 heterocycles. The van der Waals surface area contributed by atoms with E-state index >= 15 is 0 Å². The lowest BCUT2D eigenvalue weighted by molar-refractivity contribution is 0.660. The average molecular weight is 882 g/mol. The fraction of sp³-hybridized carbons (Fsp3) is 0.134. The van der Waals surface area contributed by atoms with Gasteiger partial charge in [0.15, 0.2) is 0 Å². The molecule has 0 fully saturated rings. The van der Waals surface area contributed by atoms with Gasteiger partial charge >= 0.3 is 0 Å². The Morgan fingerprint density at radius 1 is 0.377 bits per heavy atom. The maximum absolute atomic E-state index is 2.67. The van der Waals surface area contributed by atoms with Crippen molar-refractivity contribution >= 4 is 45.5 Å². The van der Waals surface area contributed by atoms with Gasteiger partial charge in [-0.15, -0.1) is 0 Å². The van der Waals surface area contributed by atoms with Crippen molar-refractivity contribution in [1.82, 2.24) is 0 Å². The summed E-state index contributed by atoms with van der Waals surface area (Å²) in [6, 6.07) is 77.1. The predicted octanol–water partition coefficient (Wildman–Crippen LogP) is 16.1. The molecule has 0 spiro atoms. The second-order valence-corrected chi connectivity index (χ2v) is 21.3. The number of benzene rings is 10. The summed E-state index contributed by atoms with van der Waals surface area (Å²) >= 11 is 0. The molecular weight excluding hydrogens is 830 g/mol. The summed E-state index contributed by atoms with van der Waals surface area (Å²) < 4.78 is 0. The highest BCUT2D eigenvalue weighted by atomic mass is 15.2. The maximum atomic E-state index is 2.67. The summed E-state index contributed by atoms with van der Waals surface area (Å²) in [6.45, 7) is 14.2. The molecule has 0 aromatic heterocycles. The fourth-order valence-corrected chi connectivity index (χ4v) is 13.5. The van der Waals surface area contributed by atoms with Crippen molar-refractivity contribution in [3.63, 3.8) is 0 Å². The first-order valence-corrected chi connectivity index (χ1v) is 24.8. The lowest BCUT2D eigenvalue weighted by atomic mass is 9.27. The van der Waals surface area contributed by atoms with Gasteiger partial charge in [0, 0.05) is 27.9 Å². The summed E-state index contributed by atoms with van der Waals surface area (Å²) in [4.78, 5) is 2.67. The van der Waals surface area contributed by atoms with Crippen molar-refractivity contribution < 1.29 is 0 Å². The van der Waals surface area contributed by atoms with Crippen LogP contribution in [0.3, 0.4) is 0 Å². The van der Waals surface area contributed by atoms with Gasteiger partial charge in [-0.1, -0.05) is 191 Å². The highest BCUT2D eigenvalue weighted by molar-refractivity contribution is 6.91. The number of rotatable bonds is 4. The van der Waals surface area contributed by atoms with E-state index in [1.54, 1.807) is 0 Å². The number of nitrogens with zero attached hydrogens (tertiary/aromatic N) is 1. The molecule has 14 rings (SSSR count). The van der Waals surface area contributed by atoms with Crippen molar-refractivity contribution in [3.05, 3.63) is 245 Å². The van der Waals surface area contributed by atoms with E-state index in [0.29, 0.717) is 0 Å². The second kappa shape index (κ2) is 14.4. The Bertz CT molecular complexity index is 3830. The van der Waals surface area contributed by atoms with Crippen LogP contribution in [0, 0.1) is 13.8 Å². The van der Waals surface area contributed by atoms with Crippen molar-refractivity contribution in [2.75, 3.05) is 4.90 Å². The number of hydrogen-bond acceptors (Lipinski definition) is 1. The highest BCUT2D eigenvalue weighted by Gasteiger charge is 2.49. The minimum absolute atomic E-state index is 0.0219. The van der Waals surface area contributed by atoms with E-state index < -0.39 is 0 Å². The minimum Gasteiger partial charge on any atom is -0.311 e. The molecule has 10 aromatic carbocycles. The van der Waals surface area contributed by atoms with Crippen molar-refractivity contribution in [2.45, 2.75) is 58.2 Å². The third-order valence-corrected chi connectivity index (χ3v) is 16.9. The smallest absolute Gasteiger partial charge is 0.227 e. The Morgan fingerprint density at radius 2 is 1.00 bits per heavy atom. The van der Waals surface area contributed by atoms with E-state index in [1.165, 1.54) is 139 Å². The van der Waals surface area contributed by atoms with Crippen LogP contribution in [0.1, 0.15) is 78.0 Å². The summed E-state index contributed by atoms with van der Waals surface area (Å²) in [6.07, 6.45) is 0. The van der Waals surface area contributed by atoms with Gasteiger partial charge < -0.3 is 4.90 Å². The Balaban J connectivity index is 1.12. The first-order valence-electron chi connectivity index (χ1n) is 24.8. The van der Waals surface area contributed by atoms with Gasteiger partial charge in [0.05, 0.1) is 0 Å². The highest BCUT2D eigenvalue weighted by Crippen LogP contribution is 2.56. The van der Waals surface area contributed by atoms with Gasteiger partial charge in [-0.2, -0.15) is 0 Å². The van der Waals surface area contributed by atoms with Crippen LogP contribution in [0.2, 0.25) is 0 Å². The minimum atomic E-state index is -0.176. The molecule has 2 heteroatoms. The van der Waals surface area contributed by atoms with Crippen LogP contribution >= 0.6 is 0 Å². The molecule has 0 radical (unpaired) electrons. The van der Waals surface area contributed by atoms with Crippen molar-refractivity contribution in [1.29, 1.82) is 0 Å². The Kier molecular flexibility index (Phi) is 8.44. The molecule has 328 valence electrons. The molecule has 4 aliphatic rings. The molecule has 0 saturated heterocycles. The molecule has 1 atom stereocenters. The van der Waals surface area contributed by atoms with Gasteiger partial charge in [0.2, 0.25) is 6.71 Å². The number of anilines is 3. The normalized spacial score (nSPS) is 16.0. The number of aryl methyl sites for hydroxylation is 2. The van der Waals surface area contributed by atoms with Crippen LogP contribution < -0.4 is 15.8 Å². The van der Waals surface area contributed by atoms with E-state index in [2.05, 4.69) is 247 Å². The molecule has 10 aromatic rings. The summed E-state index contributed by atoms with van der Waals surface area (Å²) in [5, 5.41) is 2.55. The Hall–Kier alpha value is -7.68. The quantitative estimate of drug-likeness (QED) is 0.159. The zero-order valence-electron chi connectivity index (χ0n) is 40.2. The van der Waals surface area contributed by atoms with Gasteiger partial charge in [-0.3, -0.25) is 0 Å². The largest absolute Gasteiger partial charge is 0.311 e. The molecule has 1 nitrogen and oxygen atoms in total. The Morgan fingerprint density at radius 3 is 1.72 bits per heavy atom. The number of hydrogen-bond donors (Lipinski definition) is 0. The molecule has 0 amide bonds. The first-order chi connectivity index (χ1) is 33.6. The van der Waals surface area contributed by atoms with Gasteiger partial charge in [0.1, 0.15) is 0 Å². The predicted molar refractivity (Wildman–Crippen MR) is 293 cm³/mol. The first kappa shape index (κ1) is 40.4. The molecule has 2 aliphatic heterocycles. The SMILES string of the molecule is Cc1ccccc1-c1cc2c3c(c1)N(c1ccc(-c4ccccc4)cc1C)c1cc4c(cc1B3C(c1ccc3c(c1)-c1ccccc1C3(C)C)c1cc3ccccc3cc1-2)-c1ccccc1C4(C)C. The lowest BCUT2D eigenvalue weighted by Gasteiger charge is -2.45. The topological polar surface area (TPSA) is 3.24 Å². The zero-order valence-corrected chi connectivity index (χ0v) is 40.2. The maximum Gasteiger partial charge on any atom is 0.227 e. The van der Waals surface area contributed by atoms with Gasteiger partial charge in [0.25, 0.3) is 0 Å². The van der Waals surface area contributed by atoms with Gasteiger partial charge in [-0.05, 0) is 178 Å². The zero-order chi connectivity index (χ0) is 46.5. The van der Waals surface area contributed by atoms with E-state index in [-0.39, 0.29) is 23.4 Å². The molecule has 2 aliphatic carbocycles. The summed E-state index contributed by atoms with van der Waals surface area (Å²) in [7, 11) is 0. The number of fused-ring (bicyclic) bond motifs is 11. The van der Waals surface area contributed by atoms with E-state index in [4.69, 9.17) is 0 Å². The van der Waals surface area contributed by atoms with E-state index in [9.17, 15) is 0 Å². The molecule has 1 unspecified atom stereocenters. The van der Waals surface area contributed by atoms with E-state index in [1.807, 2.05) is 0 Å². The van der Waals surface area contributed by atoms with Crippen LogP contribution in [0.5, 0.6) is 0 Å². The Labute approximate surface area is 406 Å². The summed E-state index contributed by atoms with van der Waals surface area (Å²) in [5.41, 5.74) is 30.3.